The fourth-order valence-electron chi connectivity index (χ4n) is 2.56. The molecule has 2 atom stereocenters. The number of benzene rings is 1. The van der Waals surface area contributed by atoms with E-state index in [0.717, 1.165) is 31.5 Å². The number of hydrogen-bond donors (Lipinski definition) is 3. The number of hydrogen-bond acceptors (Lipinski definition) is 4. The highest BCUT2D eigenvalue weighted by Gasteiger charge is 2.16. The van der Waals surface area contributed by atoms with Gasteiger partial charge in [-0.1, -0.05) is 12.1 Å². The van der Waals surface area contributed by atoms with Gasteiger partial charge in [-0.05, 0) is 49.5 Å². The predicted molar refractivity (Wildman–Crippen MR) is 81.2 cm³/mol. The largest absolute Gasteiger partial charge is 0.497 e. The highest BCUT2D eigenvalue weighted by Crippen LogP contribution is 2.18. The first-order chi connectivity index (χ1) is 10.2. The lowest BCUT2D eigenvalue weighted by molar-refractivity contribution is -0.121. The van der Waals surface area contributed by atoms with Gasteiger partial charge in [-0.15, -0.1) is 0 Å². The summed E-state index contributed by atoms with van der Waals surface area (Å²) in [6.07, 6.45) is 1.88. The van der Waals surface area contributed by atoms with Crippen molar-refractivity contribution in [2.24, 2.45) is 5.92 Å². The van der Waals surface area contributed by atoms with Crippen LogP contribution in [0.5, 0.6) is 5.75 Å². The molecular weight excluding hydrogens is 268 g/mol. The zero-order chi connectivity index (χ0) is 15.1. The van der Waals surface area contributed by atoms with E-state index in [9.17, 15) is 9.90 Å². The topological polar surface area (TPSA) is 70.6 Å². The third-order valence-corrected chi connectivity index (χ3v) is 3.91. The van der Waals surface area contributed by atoms with Gasteiger partial charge in [0.15, 0.2) is 0 Å². The molecule has 0 bridgehead atoms. The summed E-state index contributed by atoms with van der Waals surface area (Å²) >= 11 is 0. The van der Waals surface area contributed by atoms with Crippen LogP contribution >= 0.6 is 0 Å². The third kappa shape index (κ3) is 5.02. The minimum atomic E-state index is -0.711. The van der Waals surface area contributed by atoms with Crippen LogP contribution < -0.4 is 15.4 Å². The highest BCUT2D eigenvalue weighted by molar-refractivity contribution is 5.75. The molecular formula is C16H24N2O3. The van der Waals surface area contributed by atoms with Crippen LogP contribution in [0, 0.1) is 5.92 Å². The van der Waals surface area contributed by atoms with Crippen LogP contribution in [0.25, 0.3) is 0 Å². The van der Waals surface area contributed by atoms with Crippen molar-refractivity contribution in [2.75, 3.05) is 26.7 Å². The van der Waals surface area contributed by atoms with Crippen LogP contribution in [0.4, 0.5) is 0 Å². The van der Waals surface area contributed by atoms with Crippen molar-refractivity contribution in [3.8, 4) is 5.75 Å². The van der Waals surface area contributed by atoms with E-state index in [4.69, 9.17) is 4.74 Å². The van der Waals surface area contributed by atoms with Crippen molar-refractivity contribution >= 4 is 5.91 Å². The van der Waals surface area contributed by atoms with Gasteiger partial charge in [-0.2, -0.15) is 0 Å². The van der Waals surface area contributed by atoms with E-state index in [-0.39, 0.29) is 12.5 Å². The second-order valence-electron chi connectivity index (χ2n) is 5.49. The van der Waals surface area contributed by atoms with Crippen LogP contribution in [0.15, 0.2) is 24.3 Å². The lowest BCUT2D eigenvalue weighted by Gasteiger charge is -2.14. The molecule has 5 heteroatoms. The van der Waals surface area contributed by atoms with Gasteiger partial charge in [0.05, 0.1) is 13.2 Å². The second kappa shape index (κ2) is 8.00. The average molecular weight is 292 g/mol. The molecule has 0 aromatic heterocycles. The Morgan fingerprint density at radius 1 is 1.57 bits per heavy atom. The van der Waals surface area contributed by atoms with Crippen LogP contribution in [0.2, 0.25) is 0 Å². The predicted octanol–water partition coefficient (Wildman–Crippen LogP) is 1.23. The summed E-state index contributed by atoms with van der Waals surface area (Å²) in [6, 6.07) is 7.25. The van der Waals surface area contributed by atoms with Gasteiger partial charge in [0, 0.05) is 13.0 Å². The summed E-state index contributed by atoms with van der Waals surface area (Å²) in [5.41, 5.74) is 0.745. The van der Waals surface area contributed by atoms with Crippen molar-refractivity contribution in [1.82, 2.24) is 10.6 Å². The summed E-state index contributed by atoms with van der Waals surface area (Å²) in [7, 11) is 1.59. The van der Waals surface area contributed by atoms with Crippen LogP contribution in [-0.2, 0) is 4.79 Å². The van der Waals surface area contributed by atoms with Crippen LogP contribution in [-0.4, -0.2) is 37.8 Å². The van der Waals surface area contributed by atoms with Gasteiger partial charge in [0.2, 0.25) is 5.91 Å². The molecule has 0 saturated carbocycles. The lowest BCUT2D eigenvalue weighted by Crippen LogP contribution is -2.28. The normalized spacial score (nSPS) is 19.2. The van der Waals surface area contributed by atoms with E-state index in [1.54, 1.807) is 13.2 Å². The summed E-state index contributed by atoms with van der Waals surface area (Å²) in [5, 5.41) is 16.2. The van der Waals surface area contributed by atoms with Gasteiger partial charge in [0.25, 0.3) is 0 Å². The maximum Gasteiger partial charge on any atom is 0.220 e. The smallest absolute Gasteiger partial charge is 0.220 e. The molecule has 5 nitrogen and oxygen atoms in total. The number of aliphatic hydroxyl groups excluding tert-OH is 1. The Bertz CT molecular complexity index is 459. The summed E-state index contributed by atoms with van der Waals surface area (Å²) in [4.78, 5) is 11.8. The van der Waals surface area contributed by atoms with E-state index in [2.05, 4.69) is 10.6 Å². The van der Waals surface area contributed by atoms with Gasteiger partial charge in [0.1, 0.15) is 5.75 Å². The Hall–Kier alpha value is -1.59. The Morgan fingerprint density at radius 2 is 2.43 bits per heavy atom. The summed E-state index contributed by atoms with van der Waals surface area (Å²) < 4.78 is 5.12. The molecule has 1 aliphatic heterocycles. The molecule has 1 aromatic carbocycles. The molecule has 1 aliphatic rings. The number of nitrogens with one attached hydrogen (secondary N) is 2. The fourth-order valence-corrected chi connectivity index (χ4v) is 2.56. The molecule has 1 saturated heterocycles. The zero-order valence-corrected chi connectivity index (χ0v) is 12.5. The number of carbonyl (C=O) groups excluding carboxylic acids is 1. The van der Waals surface area contributed by atoms with Gasteiger partial charge in [-0.25, -0.2) is 0 Å². The molecule has 1 fully saturated rings. The quantitative estimate of drug-likeness (QED) is 0.707. The molecule has 21 heavy (non-hydrogen) atoms. The first-order valence-electron chi connectivity index (χ1n) is 7.48. The van der Waals surface area contributed by atoms with E-state index in [1.807, 2.05) is 18.2 Å². The molecule has 116 valence electrons. The number of amides is 1. The van der Waals surface area contributed by atoms with E-state index < -0.39 is 6.10 Å². The number of aliphatic hydroxyl groups is 1. The van der Waals surface area contributed by atoms with E-state index in [1.165, 1.54) is 0 Å². The molecule has 1 heterocycles. The Morgan fingerprint density at radius 3 is 3.14 bits per heavy atom. The summed E-state index contributed by atoms with van der Waals surface area (Å²) in [5.74, 6) is 1.31. The van der Waals surface area contributed by atoms with Gasteiger partial charge >= 0.3 is 0 Å². The molecule has 0 radical (unpaired) electrons. The monoisotopic (exact) mass is 292 g/mol. The van der Waals surface area contributed by atoms with Crippen molar-refractivity contribution < 1.29 is 14.6 Å². The Labute approximate surface area is 125 Å². The van der Waals surface area contributed by atoms with Crippen molar-refractivity contribution in [1.29, 1.82) is 0 Å². The van der Waals surface area contributed by atoms with Gasteiger partial charge in [-0.3, -0.25) is 4.79 Å². The molecule has 0 aliphatic carbocycles. The number of carbonyl (C=O) groups is 1. The molecule has 1 aromatic rings. The molecule has 0 spiro atoms. The van der Waals surface area contributed by atoms with Gasteiger partial charge < -0.3 is 20.5 Å². The molecule has 3 N–H and O–H groups in total. The maximum atomic E-state index is 11.8. The third-order valence-electron chi connectivity index (χ3n) is 3.91. The van der Waals surface area contributed by atoms with Crippen LogP contribution in [0.3, 0.4) is 0 Å². The molecule has 2 rings (SSSR count). The molecule has 1 amide bonds. The summed E-state index contributed by atoms with van der Waals surface area (Å²) in [6.45, 7) is 2.30. The van der Waals surface area contributed by atoms with Crippen LogP contribution in [0.1, 0.15) is 30.9 Å². The minimum Gasteiger partial charge on any atom is -0.497 e. The fraction of sp³-hybridized carbons (Fsp3) is 0.562. The van der Waals surface area contributed by atoms with Crippen molar-refractivity contribution in [3.63, 3.8) is 0 Å². The van der Waals surface area contributed by atoms with E-state index >= 15 is 0 Å². The molecule has 2 unspecified atom stereocenters. The standard InChI is InChI=1S/C16H24N2O3/c1-21-14-4-2-3-13(9-14)15(19)11-18-16(20)6-5-12-7-8-17-10-12/h2-4,9,12,15,17,19H,5-8,10-11H2,1H3,(H,18,20). The first-order valence-corrected chi connectivity index (χ1v) is 7.48. The number of ether oxygens (including phenoxy) is 1. The second-order valence-corrected chi connectivity index (χ2v) is 5.49. The maximum absolute atomic E-state index is 11.8. The number of rotatable bonds is 7. The Balaban J connectivity index is 1.72. The highest BCUT2D eigenvalue weighted by atomic mass is 16.5. The van der Waals surface area contributed by atoms with Crippen molar-refractivity contribution in [3.05, 3.63) is 29.8 Å². The van der Waals surface area contributed by atoms with Crippen molar-refractivity contribution in [2.45, 2.75) is 25.4 Å². The first kappa shape index (κ1) is 15.8. The SMILES string of the molecule is COc1cccc(C(O)CNC(=O)CCC2CCNC2)c1. The Kier molecular flexibility index (Phi) is 6.02. The van der Waals surface area contributed by atoms with E-state index in [0.29, 0.717) is 18.1 Å². The average Bonchev–Trinajstić information content (AvgIpc) is 3.04. The number of methoxy groups -OCH3 is 1. The zero-order valence-electron chi connectivity index (χ0n) is 12.5. The lowest BCUT2D eigenvalue weighted by atomic mass is 10.0. The minimum absolute atomic E-state index is 0.00356.